The standard InChI is InChI=1S/C4H4NO/c5-3-4-1-2-6-4/h1-2H2. The molecule has 0 N–H and O–H groups in total. The highest BCUT2D eigenvalue weighted by Gasteiger charge is 2.17. The van der Waals surface area contributed by atoms with Crippen LogP contribution in [0.25, 0.3) is 0 Å². The topological polar surface area (TPSA) is 33.0 Å². The number of nitrogens with zero attached hydrogens (tertiary/aromatic N) is 1. The van der Waals surface area contributed by atoms with Crippen molar-refractivity contribution >= 4 is 0 Å². The molecule has 0 amide bonds. The van der Waals surface area contributed by atoms with E-state index in [1.807, 2.05) is 6.07 Å². The molecule has 1 radical (unpaired) electrons. The van der Waals surface area contributed by atoms with E-state index < -0.39 is 0 Å². The molecule has 0 aromatic heterocycles. The minimum atomic E-state index is 0.579. The van der Waals surface area contributed by atoms with Gasteiger partial charge in [-0.05, 0) is 0 Å². The summed E-state index contributed by atoms with van der Waals surface area (Å²) in [5, 5.41) is 7.97. The Labute approximate surface area is 36.3 Å². The van der Waals surface area contributed by atoms with E-state index in [-0.39, 0.29) is 0 Å². The molecular formula is C4H4NO. The Morgan fingerprint density at radius 3 is 2.50 bits per heavy atom. The van der Waals surface area contributed by atoms with Crippen LogP contribution in [0.5, 0.6) is 0 Å². The summed E-state index contributed by atoms with van der Waals surface area (Å²) in [6, 6.07) is 1.90. The molecule has 0 aliphatic carbocycles. The number of hydrogen-bond acceptors (Lipinski definition) is 2. The van der Waals surface area contributed by atoms with Crippen LogP contribution in [0.2, 0.25) is 0 Å². The lowest BCUT2D eigenvalue weighted by atomic mass is 10.2. The van der Waals surface area contributed by atoms with Crippen LogP contribution < -0.4 is 0 Å². The van der Waals surface area contributed by atoms with Gasteiger partial charge in [-0.15, -0.1) is 0 Å². The predicted octanol–water partition coefficient (Wildman–Crippen LogP) is 0.462. The molecule has 1 aliphatic heterocycles. The fraction of sp³-hybridized carbons (Fsp3) is 0.500. The van der Waals surface area contributed by atoms with Gasteiger partial charge in [0.25, 0.3) is 0 Å². The fourth-order valence-electron chi connectivity index (χ4n) is 0.292. The highest BCUT2D eigenvalue weighted by atomic mass is 16.5. The third kappa shape index (κ3) is 0.373. The highest BCUT2D eigenvalue weighted by molar-refractivity contribution is 5.06. The molecule has 0 unspecified atom stereocenters. The van der Waals surface area contributed by atoms with E-state index >= 15 is 0 Å². The molecule has 0 aromatic rings. The minimum Gasteiger partial charge on any atom is -0.356 e. The zero-order valence-corrected chi connectivity index (χ0v) is 3.27. The van der Waals surface area contributed by atoms with Crippen LogP contribution in [0.4, 0.5) is 0 Å². The lowest BCUT2D eigenvalue weighted by Crippen LogP contribution is -2.15. The molecule has 0 atom stereocenters. The number of ether oxygens (including phenoxy) is 1. The van der Waals surface area contributed by atoms with E-state index in [0.29, 0.717) is 6.10 Å². The Hall–Kier alpha value is -0.550. The van der Waals surface area contributed by atoms with Crippen LogP contribution in [0.3, 0.4) is 0 Å². The van der Waals surface area contributed by atoms with Gasteiger partial charge in [-0.25, -0.2) is 0 Å². The Bertz CT molecular complexity index is 80.0. The normalized spacial score (nSPS) is 21.8. The molecule has 1 rings (SSSR count). The van der Waals surface area contributed by atoms with Gasteiger partial charge in [0.05, 0.1) is 6.61 Å². The summed E-state index contributed by atoms with van der Waals surface area (Å²) in [4.78, 5) is 0. The molecule has 2 nitrogen and oxygen atoms in total. The molecule has 6 heavy (non-hydrogen) atoms. The van der Waals surface area contributed by atoms with E-state index in [2.05, 4.69) is 4.74 Å². The third-order valence-electron chi connectivity index (χ3n) is 0.730. The van der Waals surface area contributed by atoms with Crippen LogP contribution in [0, 0.1) is 17.4 Å². The molecule has 0 saturated carbocycles. The van der Waals surface area contributed by atoms with Crippen molar-refractivity contribution in [3.8, 4) is 6.07 Å². The van der Waals surface area contributed by atoms with Gasteiger partial charge in [0.15, 0.2) is 6.10 Å². The van der Waals surface area contributed by atoms with Gasteiger partial charge in [-0.2, -0.15) is 5.26 Å². The number of hydrogen-bond donors (Lipinski definition) is 0. The Morgan fingerprint density at radius 1 is 1.83 bits per heavy atom. The molecule has 0 bridgehead atoms. The Kier molecular flexibility index (Phi) is 0.771. The first-order chi connectivity index (χ1) is 2.93. The van der Waals surface area contributed by atoms with Crippen molar-refractivity contribution in [1.29, 1.82) is 5.26 Å². The Morgan fingerprint density at radius 2 is 2.50 bits per heavy atom. The summed E-state index contributed by atoms with van der Waals surface area (Å²) in [6.45, 7) is 0.739. The second kappa shape index (κ2) is 1.27. The van der Waals surface area contributed by atoms with Crippen molar-refractivity contribution in [1.82, 2.24) is 0 Å². The van der Waals surface area contributed by atoms with E-state index in [1.54, 1.807) is 0 Å². The minimum absolute atomic E-state index is 0.579. The lowest BCUT2D eigenvalue weighted by molar-refractivity contribution is 0.0689. The van der Waals surface area contributed by atoms with Gasteiger partial charge in [0, 0.05) is 6.42 Å². The van der Waals surface area contributed by atoms with Gasteiger partial charge < -0.3 is 4.74 Å². The summed E-state index contributed by atoms with van der Waals surface area (Å²) >= 11 is 0. The molecule has 1 heterocycles. The molecule has 1 saturated heterocycles. The maximum atomic E-state index is 7.97. The van der Waals surface area contributed by atoms with E-state index in [1.165, 1.54) is 0 Å². The van der Waals surface area contributed by atoms with Crippen LogP contribution in [-0.4, -0.2) is 6.61 Å². The molecule has 2 heteroatoms. The zero-order chi connectivity index (χ0) is 4.41. The average Bonchev–Trinajstić information content (AvgIpc) is 1.31. The molecular weight excluding hydrogens is 78.0 g/mol. The van der Waals surface area contributed by atoms with Crippen LogP contribution in [-0.2, 0) is 4.74 Å². The van der Waals surface area contributed by atoms with Crippen molar-refractivity contribution in [3.63, 3.8) is 0 Å². The molecule has 1 fully saturated rings. The summed E-state index contributed by atoms with van der Waals surface area (Å²) in [5.41, 5.74) is 0. The van der Waals surface area contributed by atoms with E-state index in [0.717, 1.165) is 13.0 Å². The molecule has 31 valence electrons. The first kappa shape index (κ1) is 3.63. The van der Waals surface area contributed by atoms with Crippen molar-refractivity contribution in [2.45, 2.75) is 6.42 Å². The maximum absolute atomic E-state index is 7.97. The zero-order valence-electron chi connectivity index (χ0n) is 3.27. The second-order valence-electron chi connectivity index (χ2n) is 1.13. The monoisotopic (exact) mass is 82.0 g/mol. The summed E-state index contributed by atoms with van der Waals surface area (Å²) in [7, 11) is 0. The second-order valence-corrected chi connectivity index (χ2v) is 1.13. The van der Waals surface area contributed by atoms with Gasteiger partial charge in [0.2, 0.25) is 0 Å². The molecule has 0 spiro atoms. The van der Waals surface area contributed by atoms with Crippen LogP contribution >= 0.6 is 0 Å². The molecule has 1 aliphatic rings. The van der Waals surface area contributed by atoms with Gasteiger partial charge in [-0.1, -0.05) is 0 Å². The highest BCUT2D eigenvalue weighted by Crippen LogP contribution is 2.16. The van der Waals surface area contributed by atoms with Crippen LogP contribution in [0.15, 0.2) is 0 Å². The Balaban J connectivity index is 2.22. The van der Waals surface area contributed by atoms with Crippen LogP contribution in [0.1, 0.15) is 6.42 Å². The third-order valence-corrected chi connectivity index (χ3v) is 0.730. The van der Waals surface area contributed by atoms with Crippen molar-refractivity contribution in [2.75, 3.05) is 6.61 Å². The van der Waals surface area contributed by atoms with E-state index in [4.69, 9.17) is 5.26 Å². The SMILES string of the molecule is N#C[C]1CCO1. The summed E-state index contributed by atoms with van der Waals surface area (Å²) in [5.74, 6) is 0. The smallest absolute Gasteiger partial charge is 0.198 e. The van der Waals surface area contributed by atoms with Gasteiger partial charge in [-0.3, -0.25) is 0 Å². The van der Waals surface area contributed by atoms with Crippen molar-refractivity contribution < 1.29 is 4.74 Å². The predicted molar refractivity (Wildman–Crippen MR) is 19.4 cm³/mol. The van der Waals surface area contributed by atoms with Gasteiger partial charge in [0.1, 0.15) is 6.07 Å². The van der Waals surface area contributed by atoms with Crippen molar-refractivity contribution in [3.05, 3.63) is 6.10 Å². The van der Waals surface area contributed by atoms with Gasteiger partial charge >= 0.3 is 0 Å². The number of rotatable bonds is 0. The molecule has 0 aromatic carbocycles. The fourth-order valence-corrected chi connectivity index (χ4v) is 0.292. The first-order valence-electron chi connectivity index (χ1n) is 1.82. The largest absolute Gasteiger partial charge is 0.356 e. The quantitative estimate of drug-likeness (QED) is 0.425. The number of nitriles is 1. The first-order valence-corrected chi connectivity index (χ1v) is 1.82. The summed E-state index contributed by atoms with van der Waals surface area (Å²) < 4.78 is 4.64. The van der Waals surface area contributed by atoms with E-state index in [9.17, 15) is 0 Å². The average molecular weight is 82.1 g/mol. The summed E-state index contributed by atoms with van der Waals surface area (Å²) in [6.07, 6.45) is 1.42. The van der Waals surface area contributed by atoms with Crippen molar-refractivity contribution in [2.24, 2.45) is 0 Å². The lowest BCUT2D eigenvalue weighted by Gasteiger charge is -2.16. The maximum Gasteiger partial charge on any atom is 0.198 e.